The molecule has 0 aromatic rings. The molecule has 1 unspecified atom stereocenters. The van der Waals surface area contributed by atoms with Crippen LogP contribution in [0.4, 0.5) is 0 Å². The first-order valence-electron chi connectivity index (χ1n) is 13.0. The minimum atomic E-state index is -1.32. The van der Waals surface area contributed by atoms with E-state index in [0.29, 0.717) is 11.1 Å². The van der Waals surface area contributed by atoms with Gasteiger partial charge in [0.25, 0.3) is 0 Å². The van der Waals surface area contributed by atoms with Crippen molar-refractivity contribution in [1.29, 1.82) is 0 Å². The zero-order chi connectivity index (χ0) is 29.0. The summed E-state index contributed by atoms with van der Waals surface area (Å²) in [5, 5.41) is 0. The summed E-state index contributed by atoms with van der Waals surface area (Å²) in [6.45, 7) is 12.0. The fraction of sp³-hybridized carbons (Fsp3) is 0.679. The first kappa shape index (κ1) is 28.8. The molecule has 2 aliphatic carbocycles. The molecule has 0 aromatic heterocycles. The van der Waals surface area contributed by atoms with Crippen LogP contribution in [0, 0.1) is 11.3 Å². The van der Waals surface area contributed by atoms with Crippen molar-refractivity contribution in [1.82, 2.24) is 0 Å². The Morgan fingerprint density at radius 3 is 2.05 bits per heavy atom. The number of carbonyl (C=O) groups is 5. The summed E-state index contributed by atoms with van der Waals surface area (Å²) in [4.78, 5) is 62.6. The minimum Gasteiger partial charge on any atom is -0.462 e. The van der Waals surface area contributed by atoms with Crippen molar-refractivity contribution in [2.24, 2.45) is 11.3 Å². The van der Waals surface area contributed by atoms with Crippen LogP contribution in [0.15, 0.2) is 22.8 Å². The van der Waals surface area contributed by atoms with E-state index in [-0.39, 0.29) is 24.5 Å². The Kier molecular flexibility index (Phi) is 7.44. The molecule has 2 heterocycles. The number of hydrogen-bond donors (Lipinski definition) is 0. The molecule has 214 valence electrons. The molecule has 0 N–H and O–H groups in total. The van der Waals surface area contributed by atoms with Gasteiger partial charge in [0, 0.05) is 57.6 Å². The highest BCUT2D eigenvalue weighted by molar-refractivity contribution is 5.92. The number of fused-ring (bicyclic) bond motifs is 4. The van der Waals surface area contributed by atoms with E-state index in [0.717, 1.165) is 0 Å². The van der Waals surface area contributed by atoms with Gasteiger partial charge in [-0.15, -0.1) is 0 Å². The maximum absolute atomic E-state index is 12.8. The van der Waals surface area contributed by atoms with E-state index in [1.165, 1.54) is 27.7 Å². The summed E-state index contributed by atoms with van der Waals surface area (Å²) in [7, 11) is 0. The highest BCUT2D eigenvalue weighted by atomic mass is 16.6. The van der Waals surface area contributed by atoms with Crippen molar-refractivity contribution in [3.05, 3.63) is 22.8 Å². The second-order valence-corrected chi connectivity index (χ2v) is 11.3. The number of hydrogen-bond acceptors (Lipinski definition) is 11. The molecule has 0 aromatic carbocycles. The predicted molar refractivity (Wildman–Crippen MR) is 133 cm³/mol. The Balaban J connectivity index is 2.06. The molecular weight excluding hydrogens is 512 g/mol. The first-order valence-corrected chi connectivity index (χ1v) is 13.0. The maximum Gasteiger partial charge on any atom is 0.334 e. The fourth-order valence-corrected chi connectivity index (χ4v) is 6.89. The zero-order valence-corrected chi connectivity index (χ0v) is 23.5. The second kappa shape index (κ2) is 10.1. The van der Waals surface area contributed by atoms with Gasteiger partial charge in [-0.25, -0.2) is 4.79 Å². The summed E-state index contributed by atoms with van der Waals surface area (Å²) < 4.78 is 35.4. The Bertz CT molecular complexity index is 1170. The third kappa shape index (κ3) is 5.08. The molecule has 0 spiro atoms. The maximum atomic E-state index is 12.8. The molecule has 4 rings (SSSR count). The van der Waals surface area contributed by atoms with E-state index in [4.69, 9.17) is 28.4 Å². The van der Waals surface area contributed by atoms with Crippen LogP contribution in [-0.4, -0.2) is 72.1 Å². The lowest BCUT2D eigenvalue weighted by Crippen LogP contribution is -2.65. The van der Waals surface area contributed by atoms with Crippen molar-refractivity contribution < 1.29 is 52.4 Å². The number of rotatable bonds is 4. The van der Waals surface area contributed by atoms with Crippen LogP contribution < -0.4 is 0 Å². The van der Waals surface area contributed by atoms with Crippen LogP contribution in [0.3, 0.4) is 0 Å². The average molecular weight is 549 g/mol. The molecule has 0 bridgehead atoms. The van der Waals surface area contributed by atoms with Gasteiger partial charge in [0.15, 0.2) is 0 Å². The minimum absolute atomic E-state index is 0.131. The van der Waals surface area contributed by atoms with Gasteiger partial charge in [-0.1, -0.05) is 12.5 Å². The van der Waals surface area contributed by atoms with Crippen molar-refractivity contribution in [3.8, 4) is 0 Å². The van der Waals surface area contributed by atoms with Crippen molar-refractivity contribution >= 4 is 29.8 Å². The number of carbonyl (C=O) groups excluding carboxylic acids is 5. The van der Waals surface area contributed by atoms with Crippen LogP contribution in [0.5, 0.6) is 0 Å². The predicted octanol–water partition coefficient (Wildman–Crippen LogP) is 2.49. The lowest BCUT2D eigenvalue weighted by Gasteiger charge is -2.54. The van der Waals surface area contributed by atoms with Gasteiger partial charge in [0.1, 0.15) is 30.5 Å². The lowest BCUT2D eigenvalue weighted by molar-refractivity contribution is -0.219. The van der Waals surface area contributed by atoms with E-state index in [1.807, 2.05) is 6.92 Å². The summed E-state index contributed by atoms with van der Waals surface area (Å²) >= 11 is 0. The Labute approximate surface area is 227 Å². The smallest absolute Gasteiger partial charge is 0.334 e. The van der Waals surface area contributed by atoms with Gasteiger partial charge in [-0.3, -0.25) is 19.2 Å². The Hall–Kier alpha value is -3.21. The van der Waals surface area contributed by atoms with Gasteiger partial charge < -0.3 is 28.4 Å². The van der Waals surface area contributed by atoms with Crippen LogP contribution >= 0.6 is 0 Å². The van der Waals surface area contributed by atoms with Gasteiger partial charge in [-0.05, 0) is 26.8 Å². The van der Waals surface area contributed by atoms with E-state index in [9.17, 15) is 24.0 Å². The third-order valence-electron chi connectivity index (χ3n) is 8.40. The molecule has 1 saturated carbocycles. The number of ether oxygens (including phenoxy) is 6. The van der Waals surface area contributed by atoms with Crippen molar-refractivity contribution in [2.75, 3.05) is 0 Å². The molecule has 39 heavy (non-hydrogen) atoms. The largest absolute Gasteiger partial charge is 0.462 e. The topological polar surface area (TPSA) is 144 Å². The molecule has 2 aliphatic heterocycles. The lowest BCUT2D eigenvalue weighted by atomic mass is 9.54. The molecule has 4 aliphatic rings. The van der Waals surface area contributed by atoms with Crippen LogP contribution in [0.2, 0.25) is 0 Å². The standard InChI is InChI=1S/C28H36O11/c1-12-9-18-22(13(2)26(33)38-18)23(36-16(5)31)24-27(7,20(35-15(4)30)11-21-28(24,8)39-21)25(37-17(6)32)19(10-12)34-14(3)29/h9,18-21,23-25H,10-11H2,1-8H3/b12-9-/t18-,19+,20-,21-,23?,24+,25-,27-,28-/m1/s1. The molecule has 11 nitrogen and oxygen atoms in total. The highest BCUT2D eigenvalue weighted by Crippen LogP contribution is 2.64. The van der Waals surface area contributed by atoms with E-state index < -0.39 is 77.3 Å². The average Bonchev–Trinajstić information content (AvgIpc) is 3.35. The molecule has 0 radical (unpaired) electrons. The molecule has 11 heteroatoms. The zero-order valence-electron chi connectivity index (χ0n) is 23.5. The van der Waals surface area contributed by atoms with Crippen LogP contribution in [-0.2, 0) is 52.4 Å². The summed E-state index contributed by atoms with van der Waals surface area (Å²) in [5.41, 5.74) is -0.836. The monoisotopic (exact) mass is 548 g/mol. The summed E-state index contributed by atoms with van der Waals surface area (Å²) in [6.07, 6.45) is -3.24. The third-order valence-corrected chi connectivity index (χ3v) is 8.40. The number of esters is 5. The highest BCUT2D eigenvalue weighted by Gasteiger charge is 2.75. The van der Waals surface area contributed by atoms with Crippen LogP contribution in [0.25, 0.3) is 0 Å². The Morgan fingerprint density at radius 1 is 0.897 bits per heavy atom. The van der Waals surface area contributed by atoms with Crippen LogP contribution in [0.1, 0.15) is 68.2 Å². The van der Waals surface area contributed by atoms with E-state index in [2.05, 4.69) is 0 Å². The Morgan fingerprint density at radius 2 is 1.49 bits per heavy atom. The molecule has 1 saturated heterocycles. The van der Waals surface area contributed by atoms with E-state index >= 15 is 0 Å². The van der Waals surface area contributed by atoms with Gasteiger partial charge in [0.2, 0.25) is 0 Å². The molecule has 0 amide bonds. The summed E-state index contributed by atoms with van der Waals surface area (Å²) in [6, 6.07) is 0. The quantitative estimate of drug-likeness (QED) is 0.221. The van der Waals surface area contributed by atoms with E-state index in [1.54, 1.807) is 26.8 Å². The van der Waals surface area contributed by atoms with Gasteiger partial charge in [0.05, 0.1) is 17.1 Å². The fourth-order valence-electron chi connectivity index (χ4n) is 6.89. The van der Waals surface area contributed by atoms with Crippen molar-refractivity contribution in [3.63, 3.8) is 0 Å². The summed E-state index contributed by atoms with van der Waals surface area (Å²) in [5.74, 6) is -3.80. The number of epoxide rings is 1. The normalized spacial score (nSPS) is 40.5. The van der Waals surface area contributed by atoms with Gasteiger partial charge >= 0.3 is 29.8 Å². The van der Waals surface area contributed by atoms with Crippen molar-refractivity contribution in [2.45, 2.75) is 110 Å². The second-order valence-electron chi connectivity index (χ2n) is 11.3. The SMILES string of the molecule is CC(=O)OC1C2=C(C)C(=O)O[C@@H]2/C=C(/C)C[C@H](OC(C)=O)[C@@H](OC(C)=O)[C@@]2(C)[C@H]1[C@]1(C)O[C@@H]1C[C@H]2OC(C)=O. The van der Waals surface area contributed by atoms with Gasteiger partial charge in [-0.2, -0.15) is 0 Å². The molecular formula is C28H36O11. The molecule has 9 atom stereocenters. The first-order chi connectivity index (χ1) is 18.1. The molecule has 2 fully saturated rings.